The van der Waals surface area contributed by atoms with Gasteiger partial charge in [0.2, 0.25) is 0 Å². The molecule has 8 nitrogen and oxygen atoms in total. The number of guanidine groups is 1. The van der Waals surface area contributed by atoms with Gasteiger partial charge in [-0.3, -0.25) is 4.68 Å². The lowest BCUT2D eigenvalue weighted by atomic mass is 10.1. The highest BCUT2D eigenvalue weighted by Crippen LogP contribution is 2.14. The molecular weight excluding hydrogens is 467 g/mol. The first-order valence-corrected chi connectivity index (χ1v) is 9.72. The van der Waals surface area contributed by atoms with Crippen molar-refractivity contribution in [3.05, 3.63) is 28.6 Å². The fourth-order valence-electron chi connectivity index (χ4n) is 2.98. The molecule has 28 heavy (non-hydrogen) atoms. The number of halogens is 1. The molecule has 0 aliphatic rings. The standard InChI is InChI=1S/C19H34N8.HI/c1-8-9-10-20-19(21-12-18-24-23-16(5)26(18)6)22-13(2)11-17-14(3)25-27(7)15(17)4;/h13H,8-12H2,1-7H3,(H2,20,21,22);1H. The normalized spacial score (nSPS) is 12.6. The fourth-order valence-corrected chi connectivity index (χ4v) is 2.98. The predicted octanol–water partition coefficient (Wildman–Crippen LogP) is 2.56. The van der Waals surface area contributed by atoms with E-state index in [-0.39, 0.29) is 30.0 Å². The number of hydrogen-bond donors (Lipinski definition) is 2. The minimum atomic E-state index is 0. The Bertz CT molecular complexity index is 777. The van der Waals surface area contributed by atoms with E-state index in [1.165, 1.54) is 11.3 Å². The second kappa shape index (κ2) is 11.4. The molecule has 0 aliphatic heterocycles. The summed E-state index contributed by atoms with van der Waals surface area (Å²) in [7, 11) is 3.96. The quantitative estimate of drug-likeness (QED) is 0.251. The van der Waals surface area contributed by atoms with Gasteiger partial charge in [-0.25, -0.2) is 4.99 Å². The van der Waals surface area contributed by atoms with Gasteiger partial charge in [-0.15, -0.1) is 34.2 Å². The van der Waals surface area contributed by atoms with Crippen molar-refractivity contribution in [1.82, 2.24) is 35.2 Å². The lowest BCUT2D eigenvalue weighted by molar-refractivity contribution is 0.625. The number of aromatic nitrogens is 5. The molecule has 0 radical (unpaired) electrons. The van der Waals surface area contributed by atoms with Crippen molar-refractivity contribution in [1.29, 1.82) is 0 Å². The molecule has 0 aliphatic carbocycles. The van der Waals surface area contributed by atoms with Gasteiger partial charge >= 0.3 is 0 Å². The van der Waals surface area contributed by atoms with Crippen molar-refractivity contribution in [2.24, 2.45) is 19.1 Å². The summed E-state index contributed by atoms with van der Waals surface area (Å²) >= 11 is 0. The molecule has 1 atom stereocenters. The van der Waals surface area contributed by atoms with Crippen LogP contribution in [0, 0.1) is 20.8 Å². The Morgan fingerprint density at radius 3 is 2.43 bits per heavy atom. The molecule has 9 heteroatoms. The second-order valence-corrected chi connectivity index (χ2v) is 7.19. The van der Waals surface area contributed by atoms with E-state index < -0.39 is 0 Å². The summed E-state index contributed by atoms with van der Waals surface area (Å²) < 4.78 is 3.92. The molecule has 0 amide bonds. The highest BCUT2D eigenvalue weighted by Gasteiger charge is 2.14. The van der Waals surface area contributed by atoms with E-state index in [2.05, 4.69) is 53.6 Å². The number of hydrogen-bond acceptors (Lipinski definition) is 4. The van der Waals surface area contributed by atoms with Crippen molar-refractivity contribution in [3.8, 4) is 0 Å². The van der Waals surface area contributed by atoms with Crippen LogP contribution in [-0.2, 0) is 27.1 Å². The van der Waals surface area contributed by atoms with E-state index in [1.54, 1.807) is 0 Å². The summed E-state index contributed by atoms with van der Waals surface area (Å²) in [6, 6.07) is 0.237. The molecule has 2 aromatic rings. The molecule has 0 fully saturated rings. The van der Waals surface area contributed by atoms with Crippen LogP contribution in [0.2, 0.25) is 0 Å². The maximum atomic E-state index is 4.72. The van der Waals surface area contributed by atoms with E-state index in [0.717, 1.165) is 49.1 Å². The monoisotopic (exact) mass is 502 g/mol. The summed E-state index contributed by atoms with van der Waals surface area (Å²) in [4.78, 5) is 4.72. The van der Waals surface area contributed by atoms with E-state index >= 15 is 0 Å². The van der Waals surface area contributed by atoms with E-state index in [0.29, 0.717) is 6.54 Å². The average Bonchev–Trinajstić information content (AvgIpc) is 3.06. The Morgan fingerprint density at radius 2 is 1.89 bits per heavy atom. The zero-order valence-corrected chi connectivity index (χ0v) is 20.5. The Kier molecular flexibility index (Phi) is 9.91. The van der Waals surface area contributed by atoms with Gasteiger partial charge < -0.3 is 15.2 Å². The van der Waals surface area contributed by atoms with Gasteiger partial charge in [0.15, 0.2) is 11.8 Å². The van der Waals surface area contributed by atoms with Crippen LogP contribution in [0.5, 0.6) is 0 Å². The molecule has 2 heterocycles. The van der Waals surface area contributed by atoms with Gasteiger partial charge in [-0.2, -0.15) is 5.10 Å². The fraction of sp³-hybridized carbons (Fsp3) is 0.684. The van der Waals surface area contributed by atoms with Crippen LogP contribution in [0.15, 0.2) is 4.99 Å². The first-order chi connectivity index (χ1) is 12.8. The number of aryl methyl sites for hydroxylation is 3. The highest BCUT2D eigenvalue weighted by atomic mass is 127. The summed E-state index contributed by atoms with van der Waals surface area (Å²) in [5, 5.41) is 19.8. The maximum absolute atomic E-state index is 4.72. The lowest BCUT2D eigenvalue weighted by Crippen LogP contribution is -2.43. The van der Waals surface area contributed by atoms with Gasteiger partial charge in [-0.05, 0) is 46.1 Å². The Morgan fingerprint density at radius 1 is 1.18 bits per heavy atom. The van der Waals surface area contributed by atoms with E-state index in [1.807, 2.05) is 30.3 Å². The highest BCUT2D eigenvalue weighted by molar-refractivity contribution is 14.0. The summed E-state index contributed by atoms with van der Waals surface area (Å²) in [6.07, 6.45) is 3.16. The van der Waals surface area contributed by atoms with Crippen molar-refractivity contribution < 1.29 is 0 Å². The SMILES string of the molecule is CCCCNC(=NCc1nnc(C)n1C)NC(C)Cc1c(C)nn(C)c1C.I. The Hall–Kier alpha value is -1.65. The van der Waals surface area contributed by atoms with Crippen LogP contribution in [-0.4, -0.2) is 43.1 Å². The minimum absolute atomic E-state index is 0. The Labute approximate surface area is 185 Å². The van der Waals surface area contributed by atoms with Gasteiger partial charge in [0, 0.05) is 32.4 Å². The van der Waals surface area contributed by atoms with Gasteiger partial charge in [0.05, 0.1) is 5.69 Å². The van der Waals surface area contributed by atoms with Crippen molar-refractivity contribution in [2.45, 2.75) is 66.5 Å². The molecule has 1 unspecified atom stereocenters. The molecule has 2 N–H and O–H groups in total. The molecule has 0 spiro atoms. The lowest BCUT2D eigenvalue weighted by Gasteiger charge is -2.18. The van der Waals surface area contributed by atoms with Crippen LogP contribution in [0.4, 0.5) is 0 Å². The first kappa shape index (κ1) is 24.4. The molecule has 0 bridgehead atoms. The first-order valence-electron chi connectivity index (χ1n) is 9.72. The summed E-state index contributed by atoms with van der Waals surface area (Å²) in [5.41, 5.74) is 3.61. The molecule has 0 aromatic carbocycles. The molecular formula is C19H35IN8. The third-order valence-corrected chi connectivity index (χ3v) is 4.94. The zero-order chi connectivity index (χ0) is 20.0. The average molecular weight is 502 g/mol. The van der Waals surface area contributed by atoms with Crippen LogP contribution in [0.25, 0.3) is 0 Å². The van der Waals surface area contributed by atoms with Crippen molar-refractivity contribution in [2.75, 3.05) is 6.54 Å². The van der Waals surface area contributed by atoms with Crippen molar-refractivity contribution >= 4 is 29.9 Å². The topological polar surface area (TPSA) is 84.9 Å². The second-order valence-electron chi connectivity index (χ2n) is 7.19. The van der Waals surface area contributed by atoms with E-state index in [9.17, 15) is 0 Å². The third kappa shape index (κ3) is 6.46. The predicted molar refractivity (Wildman–Crippen MR) is 124 cm³/mol. The largest absolute Gasteiger partial charge is 0.356 e. The number of nitrogens with zero attached hydrogens (tertiary/aromatic N) is 6. The zero-order valence-electron chi connectivity index (χ0n) is 18.2. The number of nitrogens with one attached hydrogen (secondary N) is 2. The Balaban J connectivity index is 0.00000392. The molecule has 0 saturated carbocycles. The summed E-state index contributed by atoms with van der Waals surface area (Å²) in [5.74, 6) is 2.57. The third-order valence-electron chi connectivity index (χ3n) is 4.94. The summed E-state index contributed by atoms with van der Waals surface area (Å²) in [6.45, 7) is 11.9. The van der Waals surface area contributed by atoms with Gasteiger partial charge in [-0.1, -0.05) is 13.3 Å². The van der Waals surface area contributed by atoms with Crippen LogP contribution in [0.1, 0.15) is 55.3 Å². The minimum Gasteiger partial charge on any atom is -0.356 e. The maximum Gasteiger partial charge on any atom is 0.191 e. The number of rotatable bonds is 8. The molecule has 2 aromatic heterocycles. The molecule has 2 rings (SSSR count). The smallest absolute Gasteiger partial charge is 0.191 e. The van der Waals surface area contributed by atoms with E-state index in [4.69, 9.17) is 4.99 Å². The van der Waals surface area contributed by atoms with Crippen LogP contribution < -0.4 is 10.6 Å². The van der Waals surface area contributed by atoms with Gasteiger partial charge in [0.25, 0.3) is 0 Å². The van der Waals surface area contributed by atoms with Crippen LogP contribution in [0.3, 0.4) is 0 Å². The number of aliphatic imine (C=N–C) groups is 1. The number of unbranched alkanes of at least 4 members (excludes halogenated alkanes) is 1. The molecule has 0 saturated heterocycles. The molecule has 158 valence electrons. The van der Waals surface area contributed by atoms with Crippen LogP contribution >= 0.6 is 24.0 Å². The van der Waals surface area contributed by atoms with Gasteiger partial charge in [0.1, 0.15) is 12.4 Å². The van der Waals surface area contributed by atoms with Crippen molar-refractivity contribution in [3.63, 3.8) is 0 Å².